The number of hydrogen-bond acceptors (Lipinski definition) is 6. The van der Waals surface area contributed by atoms with Gasteiger partial charge in [0.1, 0.15) is 5.69 Å². The lowest BCUT2D eigenvalue weighted by atomic mass is 10.2. The quantitative estimate of drug-likeness (QED) is 0.434. The monoisotopic (exact) mass is 335 g/mol. The molecule has 0 saturated heterocycles. The molecule has 1 unspecified atom stereocenters. The minimum absolute atomic E-state index is 0.0731. The zero-order valence-electron chi connectivity index (χ0n) is 11.8. The molecule has 0 aliphatic heterocycles. The fourth-order valence-corrected chi connectivity index (χ4v) is 2.48. The van der Waals surface area contributed by atoms with Gasteiger partial charge in [-0.25, -0.2) is 0 Å². The van der Waals surface area contributed by atoms with Crippen LogP contribution in [-0.2, 0) is 9.59 Å². The first kappa shape index (κ1) is 16.6. The Balaban J connectivity index is 1.93. The summed E-state index contributed by atoms with van der Waals surface area (Å²) in [7, 11) is 0. The first-order chi connectivity index (χ1) is 11.0. The number of hydrogen-bond donors (Lipinski definition) is 3. The fraction of sp³-hybridized carbons (Fsp3) is 0.143. The molecule has 2 amide bonds. The summed E-state index contributed by atoms with van der Waals surface area (Å²) in [5.41, 5.74) is 0.248. The van der Waals surface area contributed by atoms with E-state index in [1.807, 2.05) is 0 Å². The van der Waals surface area contributed by atoms with Crippen LogP contribution in [0.25, 0.3) is 0 Å². The van der Waals surface area contributed by atoms with Crippen molar-refractivity contribution < 1.29 is 19.6 Å². The molecule has 0 aliphatic rings. The van der Waals surface area contributed by atoms with Gasteiger partial charge in [0.05, 0.1) is 11.0 Å². The van der Waals surface area contributed by atoms with E-state index in [9.17, 15) is 24.8 Å². The van der Waals surface area contributed by atoms with Crippen molar-refractivity contribution in [2.45, 2.75) is 6.10 Å². The van der Waals surface area contributed by atoms with Crippen LogP contribution < -0.4 is 10.6 Å². The number of aliphatic hydroxyl groups excluding tert-OH is 1. The highest BCUT2D eigenvalue weighted by Gasteiger charge is 2.20. The molecule has 1 heterocycles. The van der Waals surface area contributed by atoms with E-state index in [1.165, 1.54) is 35.6 Å². The number of nitro groups is 1. The number of amides is 2. The number of carbonyl (C=O) groups excluding carboxylic acids is 2. The molecular formula is C14H13N3O5S. The molecule has 2 rings (SSSR count). The number of carbonyl (C=O) groups is 2. The Kier molecular flexibility index (Phi) is 5.39. The van der Waals surface area contributed by atoms with Gasteiger partial charge >= 0.3 is 11.8 Å². The van der Waals surface area contributed by atoms with E-state index in [1.54, 1.807) is 16.8 Å². The number of benzene rings is 1. The molecule has 1 aromatic heterocycles. The molecular weight excluding hydrogens is 322 g/mol. The summed E-state index contributed by atoms with van der Waals surface area (Å²) in [5.74, 6) is -2.03. The van der Waals surface area contributed by atoms with Gasteiger partial charge in [-0.05, 0) is 28.5 Å². The number of rotatable bonds is 5. The highest BCUT2D eigenvalue weighted by molar-refractivity contribution is 7.07. The molecule has 23 heavy (non-hydrogen) atoms. The third-order valence-electron chi connectivity index (χ3n) is 2.94. The molecule has 0 aliphatic carbocycles. The van der Waals surface area contributed by atoms with Gasteiger partial charge in [0, 0.05) is 12.6 Å². The van der Waals surface area contributed by atoms with Gasteiger partial charge in [-0.3, -0.25) is 19.7 Å². The standard InChI is InChI=1S/C14H13N3O5S/c18-12(9-5-6-23-8-9)7-15-13(19)14(20)16-10-3-1-2-4-11(10)17(21)22/h1-6,8,12,18H,7H2,(H,15,19)(H,16,20). The molecule has 0 saturated carbocycles. The van der Waals surface area contributed by atoms with Crippen molar-refractivity contribution in [1.82, 2.24) is 5.32 Å². The maximum absolute atomic E-state index is 11.8. The average molecular weight is 335 g/mol. The molecule has 2 aromatic rings. The molecule has 0 spiro atoms. The van der Waals surface area contributed by atoms with Gasteiger partial charge in [0.2, 0.25) is 0 Å². The Morgan fingerprint density at radius 2 is 2.00 bits per heavy atom. The van der Waals surface area contributed by atoms with Crippen LogP contribution in [0.15, 0.2) is 41.1 Å². The lowest BCUT2D eigenvalue weighted by Gasteiger charge is -2.10. The predicted molar refractivity (Wildman–Crippen MR) is 84.0 cm³/mol. The number of aliphatic hydroxyl groups is 1. The predicted octanol–water partition coefficient (Wildman–Crippen LogP) is 1.44. The third kappa shape index (κ3) is 4.34. The normalized spacial score (nSPS) is 11.5. The number of nitrogens with zero attached hydrogens (tertiary/aromatic N) is 1. The van der Waals surface area contributed by atoms with Crippen LogP contribution in [0.3, 0.4) is 0 Å². The van der Waals surface area contributed by atoms with Crippen molar-refractivity contribution in [3.8, 4) is 0 Å². The summed E-state index contributed by atoms with van der Waals surface area (Å²) < 4.78 is 0. The van der Waals surface area contributed by atoms with E-state index in [0.29, 0.717) is 5.56 Å². The Morgan fingerprint density at radius 3 is 2.65 bits per heavy atom. The van der Waals surface area contributed by atoms with Gasteiger partial charge in [-0.1, -0.05) is 12.1 Å². The van der Waals surface area contributed by atoms with E-state index >= 15 is 0 Å². The number of nitro benzene ring substituents is 1. The summed E-state index contributed by atoms with van der Waals surface area (Å²) >= 11 is 1.40. The Labute approximate surface area is 134 Å². The fourth-order valence-electron chi connectivity index (χ4n) is 1.77. The van der Waals surface area contributed by atoms with E-state index in [4.69, 9.17) is 0 Å². The van der Waals surface area contributed by atoms with Crippen LogP contribution >= 0.6 is 11.3 Å². The van der Waals surface area contributed by atoms with Gasteiger partial charge in [-0.15, -0.1) is 0 Å². The lowest BCUT2D eigenvalue weighted by Crippen LogP contribution is -2.37. The van der Waals surface area contributed by atoms with Crippen molar-refractivity contribution in [3.63, 3.8) is 0 Å². The Hall–Kier alpha value is -2.78. The summed E-state index contributed by atoms with van der Waals surface area (Å²) in [4.78, 5) is 33.6. The van der Waals surface area contributed by atoms with E-state index in [-0.39, 0.29) is 17.9 Å². The Bertz CT molecular complexity index is 717. The van der Waals surface area contributed by atoms with Crippen molar-refractivity contribution in [2.75, 3.05) is 11.9 Å². The first-order valence-corrected chi connectivity index (χ1v) is 7.46. The molecule has 1 aromatic carbocycles. The van der Waals surface area contributed by atoms with Gasteiger partial charge in [0.15, 0.2) is 0 Å². The van der Waals surface area contributed by atoms with Crippen molar-refractivity contribution in [2.24, 2.45) is 0 Å². The van der Waals surface area contributed by atoms with Crippen LogP contribution in [0.1, 0.15) is 11.7 Å². The highest BCUT2D eigenvalue weighted by atomic mass is 32.1. The second-order valence-corrected chi connectivity index (χ2v) is 5.29. The molecule has 1 atom stereocenters. The molecule has 0 radical (unpaired) electrons. The van der Waals surface area contributed by atoms with Crippen LogP contribution in [0.5, 0.6) is 0 Å². The number of anilines is 1. The smallest absolute Gasteiger partial charge is 0.313 e. The maximum atomic E-state index is 11.8. The average Bonchev–Trinajstić information content (AvgIpc) is 3.07. The second kappa shape index (κ2) is 7.47. The third-order valence-corrected chi connectivity index (χ3v) is 3.64. The summed E-state index contributed by atoms with van der Waals surface area (Å²) in [6.07, 6.45) is -0.927. The van der Waals surface area contributed by atoms with E-state index < -0.39 is 22.8 Å². The van der Waals surface area contributed by atoms with Crippen molar-refractivity contribution in [1.29, 1.82) is 0 Å². The highest BCUT2D eigenvalue weighted by Crippen LogP contribution is 2.23. The SMILES string of the molecule is O=C(NCC(O)c1ccsc1)C(=O)Nc1ccccc1[N+](=O)[O-]. The zero-order chi connectivity index (χ0) is 16.8. The van der Waals surface area contributed by atoms with Gasteiger partial charge in [0.25, 0.3) is 5.69 Å². The van der Waals surface area contributed by atoms with Crippen LogP contribution in [0.2, 0.25) is 0 Å². The largest absolute Gasteiger partial charge is 0.387 e. The lowest BCUT2D eigenvalue weighted by molar-refractivity contribution is -0.383. The van der Waals surface area contributed by atoms with Crippen molar-refractivity contribution >= 4 is 34.5 Å². The molecule has 3 N–H and O–H groups in total. The van der Waals surface area contributed by atoms with Gasteiger partial charge in [-0.2, -0.15) is 11.3 Å². The van der Waals surface area contributed by atoms with Gasteiger partial charge < -0.3 is 15.7 Å². The first-order valence-electron chi connectivity index (χ1n) is 6.52. The van der Waals surface area contributed by atoms with E-state index in [0.717, 1.165) is 0 Å². The topological polar surface area (TPSA) is 122 Å². The number of nitrogens with one attached hydrogen (secondary N) is 2. The zero-order valence-corrected chi connectivity index (χ0v) is 12.6. The van der Waals surface area contributed by atoms with Crippen LogP contribution in [-0.4, -0.2) is 28.4 Å². The van der Waals surface area contributed by atoms with E-state index in [2.05, 4.69) is 10.6 Å². The second-order valence-electron chi connectivity index (χ2n) is 4.51. The molecule has 0 fully saturated rings. The number of thiophene rings is 1. The summed E-state index contributed by atoms with van der Waals surface area (Å²) in [6, 6.07) is 7.19. The molecule has 8 nitrogen and oxygen atoms in total. The summed E-state index contributed by atoms with van der Waals surface area (Å²) in [6.45, 7) is -0.139. The minimum Gasteiger partial charge on any atom is -0.387 e. The Morgan fingerprint density at radius 1 is 1.26 bits per heavy atom. The summed E-state index contributed by atoms with van der Waals surface area (Å²) in [5, 5.41) is 28.6. The minimum atomic E-state index is -1.04. The maximum Gasteiger partial charge on any atom is 0.313 e. The van der Waals surface area contributed by atoms with Crippen molar-refractivity contribution in [3.05, 3.63) is 56.8 Å². The number of para-hydroxylation sites is 2. The molecule has 9 heteroatoms. The molecule has 0 bridgehead atoms. The molecule has 120 valence electrons. The van der Waals surface area contributed by atoms with Crippen LogP contribution in [0.4, 0.5) is 11.4 Å². The van der Waals surface area contributed by atoms with Crippen LogP contribution in [0, 0.1) is 10.1 Å².